The van der Waals surface area contributed by atoms with Crippen LogP contribution >= 0.6 is 0 Å². The van der Waals surface area contributed by atoms with Gasteiger partial charge in [-0.15, -0.1) is 0 Å². The smallest absolute Gasteiger partial charge is 0.242 e. The summed E-state index contributed by atoms with van der Waals surface area (Å²) in [5.41, 5.74) is 12.2. The number of nitrogens with zero attached hydrogens (tertiary/aromatic N) is 2. The van der Waals surface area contributed by atoms with E-state index in [-0.39, 0.29) is 23.4 Å². The van der Waals surface area contributed by atoms with Crippen LogP contribution in [0, 0.1) is 5.92 Å². The van der Waals surface area contributed by atoms with Gasteiger partial charge in [0.1, 0.15) is 11.8 Å². The summed E-state index contributed by atoms with van der Waals surface area (Å²) in [6.45, 7) is 2.56. The van der Waals surface area contributed by atoms with Gasteiger partial charge in [-0.3, -0.25) is 14.6 Å². The van der Waals surface area contributed by atoms with E-state index in [0.29, 0.717) is 11.3 Å². The summed E-state index contributed by atoms with van der Waals surface area (Å²) < 4.78 is 0. The first-order valence-electron chi connectivity index (χ1n) is 8.89. The number of amides is 1. The van der Waals surface area contributed by atoms with Gasteiger partial charge in [-0.05, 0) is 37.6 Å². The Hall–Kier alpha value is -3.00. The van der Waals surface area contributed by atoms with Crippen molar-refractivity contribution in [2.45, 2.75) is 31.8 Å². The van der Waals surface area contributed by atoms with E-state index in [1.807, 2.05) is 6.07 Å². The Bertz CT molecular complexity index is 810. The number of oxime groups is 1. The van der Waals surface area contributed by atoms with Crippen LogP contribution in [0.15, 0.2) is 52.1 Å². The Balaban J connectivity index is 1.87. The number of carbonyl (C=O) groups is 2. The number of rotatable bonds is 6. The molecule has 0 saturated carbocycles. The van der Waals surface area contributed by atoms with Crippen LogP contribution in [-0.2, 0) is 9.59 Å². The molecule has 1 fully saturated rings. The highest BCUT2D eigenvalue weighted by atomic mass is 16.6. The van der Waals surface area contributed by atoms with Crippen LogP contribution in [0.2, 0.25) is 0 Å². The predicted molar refractivity (Wildman–Crippen MR) is 102 cm³/mol. The van der Waals surface area contributed by atoms with Crippen LogP contribution in [-0.4, -0.2) is 41.9 Å². The third kappa shape index (κ3) is 4.22. The van der Waals surface area contributed by atoms with E-state index in [4.69, 9.17) is 16.3 Å². The van der Waals surface area contributed by atoms with Gasteiger partial charge >= 0.3 is 0 Å². The Kier molecular flexibility index (Phi) is 5.66. The molecule has 2 unspecified atom stereocenters. The number of ketones is 1. The predicted octanol–water partition coefficient (Wildman–Crippen LogP) is 0.530. The first kappa shape index (κ1) is 18.8. The first-order chi connectivity index (χ1) is 13.0. The Morgan fingerprint density at radius 1 is 1.26 bits per heavy atom. The van der Waals surface area contributed by atoms with Crippen molar-refractivity contribution in [1.29, 1.82) is 0 Å². The zero-order valence-electron chi connectivity index (χ0n) is 15.1. The van der Waals surface area contributed by atoms with Gasteiger partial charge in [-0.1, -0.05) is 30.3 Å². The van der Waals surface area contributed by atoms with Gasteiger partial charge in [0.05, 0.1) is 6.04 Å². The number of nitrogens with one attached hydrogen (secondary N) is 1. The lowest BCUT2D eigenvalue weighted by Crippen LogP contribution is -2.43. The standard InChI is InChI=1S/C19H23N5O3/c1-11-13(17(25)14-8-5-9-22-14)10-15(23-16(11)19(21)26)18(20)24-27-12-6-3-2-4-7-12/h2-4,6-7,10-11,14,16,22H,5,8-9H2,1H3,(H2,20,24)(H2,21,26)/t11?,14-,16?/m0/s1. The number of carbonyl (C=O) groups excluding carboxylic acids is 2. The van der Waals surface area contributed by atoms with Crippen LogP contribution in [0.5, 0.6) is 5.75 Å². The second-order valence-electron chi connectivity index (χ2n) is 6.64. The summed E-state index contributed by atoms with van der Waals surface area (Å²) in [6.07, 6.45) is 3.28. The van der Waals surface area contributed by atoms with Crippen molar-refractivity contribution in [3.05, 3.63) is 42.0 Å². The highest BCUT2D eigenvalue weighted by Gasteiger charge is 2.36. The normalized spacial score (nSPS) is 25.5. The number of aliphatic imine (C=N–C) groups is 1. The number of nitrogens with two attached hydrogens (primary N) is 2. The summed E-state index contributed by atoms with van der Waals surface area (Å²) in [5, 5.41) is 7.04. The lowest BCUT2D eigenvalue weighted by atomic mass is 9.84. The fraction of sp³-hybridized carbons (Fsp3) is 0.368. The number of Topliss-reactive ketones (excluding diaryl/α,β-unsaturated/α-hetero) is 1. The minimum absolute atomic E-state index is 0.0262. The number of dihydropyridines is 1. The molecule has 3 atom stereocenters. The van der Waals surface area contributed by atoms with Crippen LogP contribution in [0.25, 0.3) is 0 Å². The monoisotopic (exact) mass is 369 g/mol. The fourth-order valence-electron chi connectivity index (χ4n) is 3.23. The van der Waals surface area contributed by atoms with Crippen molar-refractivity contribution in [3.63, 3.8) is 0 Å². The first-order valence-corrected chi connectivity index (χ1v) is 8.89. The molecular formula is C19H23N5O3. The summed E-state index contributed by atoms with van der Waals surface area (Å²) in [6, 6.07) is 7.77. The molecule has 2 aliphatic heterocycles. The number of hydrogen-bond donors (Lipinski definition) is 3. The molecule has 1 saturated heterocycles. The van der Waals surface area contributed by atoms with Crippen LogP contribution in [0.1, 0.15) is 19.8 Å². The molecule has 1 aromatic rings. The van der Waals surface area contributed by atoms with Gasteiger partial charge < -0.3 is 21.6 Å². The maximum absolute atomic E-state index is 12.9. The van der Waals surface area contributed by atoms with Crippen molar-refractivity contribution in [3.8, 4) is 5.75 Å². The highest BCUT2D eigenvalue weighted by molar-refractivity contribution is 6.46. The number of primary amides is 1. The molecule has 0 spiro atoms. The number of hydrogen-bond acceptors (Lipinski definition) is 6. The minimum Gasteiger partial charge on any atom is -0.379 e. The maximum atomic E-state index is 12.9. The number of amidine groups is 1. The lowest BCUT2D eigenvalue weighted by molar-refractivity contribution is -0.120. The zero-order chi connectivity index (χ0) is 19.4. The van der Waals surface area contributed by atoms with Crippen molar-refractivity contribution in [1.82, 2.24) is 5.32 Å². The molecule has 27 heavy (non-hydrogen) atoms. The van der Waals surface area contributed by atoms with Gasteiger partial charge in [-0.25, -0.2) is 0 Å². The minimum atomic E-state index is -0.879. The second kappa shape index (κ2) is 8.13. The van der Waals surface area contributed by atoms with Crippen molar-refractivity contribution >= 4 is 23.2 Å². The van der Waals surface area contributed by atoms with Gasteiger partial charge in [0.2, 0.25) is 5.91 Å². The van der Waals surface area contributed by atoms with E-state index in [9.17, 15) is 9.59 Å². The Morgan fingerprint density at radius 3 is 2.63 bits per heavy atom. The fourth-order valence-corrected chi connectivity index (χ4v) is 3.23. The van der Waals surface area contributed by atoms with Crippen LogP contribution < -0.4 is 21.6 Å². The van der Waals surface area contributed by atoms with Gasteiger partial charge in [0.25, 0.3) is 0 Å². The molecule has 0 bridgehead atoms. The highest BCUT2D eigenvalue weighted by Crippen LogP contribution is 2.26. The van der Waals surface area contributed by atoms with E-state index in [2.05, 4.69) is 15.5 Å². The molecule has 0 aromatic heterocycles. The van der Waals surface area contributed by atoms with E-state index in [1.54, 1.807) is 37.3 Å². The Morgan fingerprint density at radius 2 is 2.00 bits per heavy atom. The number of benzene rings is 1. The van der Waals surface area contributed by atoms with E-state index >= 15 is 0 Å². The number of para-hydroxylation sites is 1. The van der Waals surface area contributed by atoms with E-state index in [1.165, 1.54) is 0 Å². The third-order valence-corrected chi connectivity index (χ3v) is 4.74. The molecular weight excluding hydrogens is 346 g/mol. The molecule has 2 heterocycles. The van der Waals surface area contributed by atoms with E-state index in [0.717, 1.165) is 19.4 Å². The topological polar surface area (TPSA) is 132 Å². The molecule has 3 rings (SSSR count). The maximum Gasteiger partial charge on any atom is 0.242 e. The van der Waals surface area contributed by atoms with Crippen LogP contribution in [0.3, 0.4) is 0 Å². The summed E-state index contributed by atoms with van der Waals surface area (Å²) in [5.74, 6) is -0.622. The summed E-state index contributed by atoms with van der Waals surface area (Å²) >= 11 is 0. The molecule has 8 heteroatoms. The SMILES string of the molecule is CC1C(C(=O)[C@@H]2CCCN2)=CC(C(N)=NOc2ccccc2)=NC1C(N)=O. The average molecular weight is 369 g/mol. The molecule has 1 aromatic carbocycles. The van der Waals surface area contributed by atoms with Gasteiger partial charge in [0, 0.05) is 11.5 Å². The van der Waals surface area contributed by atoms with Gasteiger partial charge in [0.15, 0.2) is 17.4 Å². The molecule has 2 aliphatic rings. The zero-order valence-corrected chi connectivity index (χ0v) is 15.1. The van der Waals surface area contributed by atoms with E-state index < -0.39 is 17.9 Å². The molecule has 1 amide bonds. The quantitative estimate of drug-likeness (QED) is 0.382. The van der Waals surface area contributed by atoms with Crippen molar-refractivity contribution in [2.75, 3.05) is 6.54 Å². The molecule has 5 N–H and O–H groups in total. The third-order valence-electron chi connectivity index (χ3n) is 4.74. The summed E-state index contributed by atoms with van der Waals surface area (Å²) in [4.78, 5) is 34.3. The van der Waals surface area contributed by atoms with Gasteiger partial charge in [-0.2, -0.15) is 0 Å². The van der Waals surface area contributed by atoms with Crippen LogP contribution in [0.4, 0.5) is 0 Å². The Labute approximate surface area is 157 Å². The molecule has 0 aliphatic carbocycles. The second-order valence-corrected chi connectivity index (χ2v) is 6.64. The van der Waals surface area contributed by atoms with Crippen molar-refractivity contribution < 1.29 is 14.4 Å². The van der Waals surface area contributed by atoms with Crippen molar-refractivity contribution in [2.24, 2.45) is 27.5 Å². The lowest BCUT2D eigenvalue weighted by Gasteiger charge is -2.26. The molecule has 0 radical (unpaired) electrons. The summed E-state index contributed by atoms with van der Waals surface area (Å²) in [7, 11) is 0. The molecule has 142 valence electrons. The molecule has 8 nitrogen and oxygen atoms in total. The average Bonchev–Trinajstić information content (AvgIpc) is 3.21. The largest absolute Gasteiger partial charge is 0.379 e.